The van der Waals surface area contributed by atoms with Crippen LogP contribution in [0.2, 0.25) is 0 Å². The number of rotatable bonds is 0. The molecular weight excluding hydrogens is 128 g/mol. The van der Waals surface area contributed by atoms with Gasteiger partial charge in [0.15, 0.2) is 0 Å². The summed E-state index contributed by atoms with van der Waals surface area (Å²) in [6.45, 7) is 3.59. The van der Waals surface area contributed by atoms with E-state index < -0.39 is 0 Å². The van der Waals surface area contributed by atoms with Crippen LogP contribution in [0.15, 0.2) is 0 Å². The molecule has 1 amide bonds. The van der Waals surface area contributed by atoms with E-state index in [-0.39, 0.29) is 6.41 Å². The van der Waals surface area contributed by atoms with E-state index in [0.29, 0.717) is 0 Å². The van der Waals surface area contributed by atoms with Crippen LogP contribution in [0.25, 0.3) is 0 Å². The van der Waals surface area contributed by atoms with Gasteiger partial charge in [-0.25, -0.2) is 0 Å². The van der Waals surface area contributed by atoms with Crippen molar-refractivity contribution >= 4 is 6.41 Å². The number of primary amides is 1. The molecule has 0 aromatic rings. The third-order valence-corrected chi connectivity index (χ3v) is 1.89. The Labute approximate surface area is 62.2 Å². The monoisotopic (exact) mass is 144 g/mol. The van der Waals surface area contributed by atoms with Crippen LogP contribution in [0, 0.1) is 0 Å². The van der Waals surface area contributed by atoms with Crippen molar-refractivity contribution in [3.8, 4) is 0 Å². The number of amides is 1. The summed E-state index contributed by atoms with van der Waals surface area (Å²) in [7, 11) is 2.19. The predicted octanol–water partition coefficient (Wildman–Crippen LogP) is 0.202. The molecule has 3 heteroatoms. The summed E-state index contributed by atoms with van der Waals surface area (Å²) < 4.78 is 0. The Hall–Kier alpha value is -0.570. The molecule has 1 rings (SSSR count). The standard InChI is InChI=1S/C6H13N.CH3NO/c1-6-4-3-5-7(6)2;2-1-3/h6H,3-5H2,1-2H3;1H,(H2,2,3). The van der Waals surface area contributed by atoms with Crippen molar-refractivity contribution in [1.82, 2.24) is 4.90 Å². The molecule has 0 aromatic carbocycles. The number of nitrogens with two attached hydrogens (primary N) is 1. The number of hydrogen-bond donors (Lipinski definition) is 1. The Bertz CT molecular complexity index is 87.6. The van der Waals surface area contributed by atoms with Crippen molar-refractivity contribution in [2.75, 3.05) is 13.6 Å². The molecule has 1 heterocycles. The zero-order valence-corrected chi connectivity index (χ0v) is 6.71. The first kappa shape index (κ1) is 9.43. The minimum absolute atomic E-state index is 0.250. The maximum Gasteiger partial charge on any atom is 0.204 e. The van der Waals surface area contributed by atoms with Gasteiger partial charge in [0, 0.05) is 6.04 Å². The van der Waals surface area contributed by atoms with Crippen molar-refractivity contribution in [3.05, 3.63) is 0 Å². The minimum Gasteiger partial charge on any atom is -0.372 e. The fourth-order valence-corrected chi connectivity index (χ4v) is 1.08. The van der Waals surface area contributed by atoms with Crippen molar-refractivity contribution < 1.29 is 4.79 Å². The molecule has 0 aromatic heterocycles. The quantitative estimate of drug-likeness (QED) is 0.494. The van der Waals surface area contributed by atoms with Crippen molar-refractivity contribution in [2.45, 2.75) is 25.8 Å². The lowest BCUT2D eigenvalue weighted by molar-refractivity contribution is -0.106. The van der Waals surface area contributed by atoms with Gasteiger partial charge in [-0.15, -0.1) is 0 Å². The number of carbonyl (C=O) groups is 1. The van der Waals surface area contributed by atoms with Gasteiger partial charge in [0.1, 0.15) is 0 Å². The smallest absolute Gasteiger partial charge is 0.204 e. The first-order chi connectivity index (χ1) is 4.72. The van der Waals surface area contributed by atoms with Crippen LogP contribution in [0.4, 0.5) is 0 Å². The van der Waals surface area contributed by atoms with Gasteiger partial charge < -0.3 is 10.6 Å². The molecule has 1 atom stereocenters. The lowest BCUT2D eigenvalue weighted by Crippen LogP contribution is -2.20. The molecular formula is C7H16N2O. The van der Waals surface area contributed by atoms with Gasteiger partial charge in [0.2, 0.25) is 6.41 Å². The highest BCUT2D eigenvalue weighted by Gasteiger charge is 2.14. The Morgan fingerprint density at radius 1 is 1.70 bits per heavy atom. The van der Waals surface area contributed by atoms with Gasteiger partial charge in [0.25, 0.3) is 0 Å². The lowest BCUT2D eigenvalue weighted by atomic mass is 10.3. The fourth-order valence-electron chi connectivity index (χ4n) is 1.08. The normalized spacial score (nSPS) is 25.2. The number of likely N-dealkylation sites (tertiary alicyclic amines) is 1. The molecule has 0 radical (unpaired) electrons. The molecule has 0 aliphatic carbocycles. The zero-order chi connectivity index (χ0) is 7.98. The van der Waals surface area contributed by atoms with Crippen LogP contribution in [0.3, 0.4) is 0 Å². The largest absolute Gasteiger partial charge is 0.372 e. The Kier molecular flexibility index (Phi) is 4.94. The number of hydrogen-bond acceptors (Lipinski definition) is 2. The van der Waals surface area contributed by atoms with Crippen molar-refractivity contribution in [1.29, 1.82) is 0 Å². The summed E-state index contributed by atoms with van der Waals surface area (Å²) in [5.74, 6) is 0. The molecule has 0 spiro atoms. The Morgan fingerprint density at radius 3 is 2.30 bits per heavy atom. The predicted molar refractivity (Wildman–Crippen MR) is 41.6 cm³/mol. The highest BCUT2D eigenvalue weighted by molar-refractivity contribution is 5.42. The van der Waals surface area contributed by atoms with Crippen LogP contribution in [-0.2, 0) is 4.79 Å². The van der Waals surface area contributed by atoms with Crippen molar-refractivity contribution in [2.24, 2.45) is 5.73 Å². The summed E-state index contributed by atoms with van der Waals surface area (Å²) in [5.41, 5.74) is 4.17. The van der Waals surface area contributed by atoms with E-state index in [0.717, 1.165) is 6.04 Å². The summed E-state index contributed by atoms with van der Waals surface area (Å²) in [4.78, 5) is 11.0. The van der Waals surface area contributed by atoms with E-state index >= 15 is 0 Å². The second-order valence-corrected chi connectivity index (χ2v) is 2.61. The van der Waals surface area contributed by atoms with Crippen molar-refractivity contribution in [3.63, 3.8) is 0 Å². The molecule has 3 nitrogen and oxygen atoms in total. The summed E-state index contributed by atoms with van der Waals surface area (Å²) in [6, 6.07) is 0.847. The molecule has 1 unspecified atom stereocenters. The SMILES string of the molecule is CC1CCCN1C.NC=O. The first-order valence-corrected chi connectivity index (χ1v) is 3.58. The highest BCUT2D eigenvalue weighted by atomic mass is 16.1. The highest BCUT2D eigenvalue weighted by Crippen LogP contribution is 2.12. The third-order valence-electron chi connectivity index (χ3n) is 1.89. The van der Waals surface area contributed by atoms with Gasteiger partial charge in [-0.2, -0.15) is 0 Å². The van der Waals surface area contributed by atoms with Gasteiger partial charge in [-0.05, 0) is 33.4 Å². The van der Waals surface area contributed by atoms with Crippen LogP contribution in [-0.4, -0.2) is 30.9 Å². The summed E-state index contributed by atoms with van der Waals surface area (Å²) in [5, 5.41) is 0. The van der Waals surface area contributed by atoms with E-state index in [4.69, 9.17) is 4.79 Å². The molecule has 0 saturated carbocycles. The minimum atomic E-state index is 0.250. The van der Waals surface area contributed by atoms with Crippen LogP contribution in [0.5, 0.6) is 0 Å². The average Bonchev–Trinajstić information content (AvgIpc) is 2.19. The van der Waals surface area contributed by atoms with E-state index in [1.165, 1.54) is 19.4 Å². The van der Waals surface area contributed by atoms with Gasteiger partial charge in [0.05, 0.1) is 0 Å². The topological polar surface area (TPSA) is 46.3 Å². The fraction of sp³-hybridized carbons (Fsp3) is 0.857. The second-order valence-electron chi connectivity index (χ2n) is 2.61. The van der Waals surface area contributed by atoms with Crippen LogP contribution < -0.4 is 5.73 Å². The van der Waals surface area contributed by atoms with Crippen LogP contribution >= 0.6 is 0 Å². The van der Waals surface area contributed by atoms with Gasteiger partial charge >= 0.3 is 0 Å². The first-order valence-electron chi connectivity index (χ1n) is 3.58. The second kappa shape index (κ2) is 5.23. The Balaban J connectivity index is 0.000000236. The molecule has 2 N–H and O–H groups in total. The van der Waals surface area contributed by atoms with E-state index in [9.17, 15) is 0 Å². The maximum atomic E-state index is 8.58. The van der Waals surface area contributed by atoms with Gasteiger partial charge in [-0.3, -0.25) is 4.79 Å². The third kappa shape index (κ3) is 3.45. The van der Waals surface area contributed by atoms with E-state index in [2.05, 4.69) is 24.6 Å². The molecule has 1 fully saturated rings. The van der Waals surface area contributed by atoms with Gasteiger partial charge in [-0.1, -0.05) is 0 Å². The summed E-state index contributed by atoms with van der Waals surface area (Å²) >= 11 is 0. The Morgan fingerprint density at radius 2 is 2.20 bits per heavy atom. The lowest BCUT2D eigenvalue weighted by Gasteiger charge is -2.12. The molecule has 0 bridgehead atoms. The number of carbonyl (C=O) groups excluding carboxylic acids is 1. The zero-order valence-electron chi connectivity index (χ0n) is 6.71. The average molecular weight is 144 g/mol. The molecule has 1 aliphatic heterocycles. The number of nitrogens with zero attached hydrogens (tertiary/aromatic N) is 1. The molecule has 60 valence electrons. The van der Waals surface area contributed by atoms with E-state index in [1.54, 1.807) is 0 Å². The maximum absolute atomic E-state index is 8.58. The van der Waals surface area contributed by atoms with E-state index in [1.807, 2.05) is 0 Å². The molecule has 10 heavy (non-hydrogen) atoms. The molecule has 1 aliphatic rings. The molecule has 1 saturated heterocycles. The van der Waals surface area contributed by atoms with Crippen LogP contribution in [0.1, 0.15) is 19.8 Å². The summed E-state index contributed by atoms with van der Waals surface area (Å²) in [6.07, 6.45) is 3.05.